The molecule has 110 valence electrons. The van der Waals surface area contributed by atoms with Gasteiger partial charge in [-0.15, -0.1) is 0 Å². The Morgan fingerprint density at radius 1 is 1.20 bits per heavy atom. The average Bonchev–Trinajstić information content (AvgIpc) is 3.18. The van der Waals surface area contributed by atoms with E-state index < -0.39 is 5.60 Å². The number of aliphatic hydroxyl groups is 1. The lowest BCUT2D eigenvalue weighted by molar-refractivity contribution is 0.151. The molecule has 1 saturated heterocycles. The van der Waals surface area contributed by atoms with Gasteiger partial charge in [-0.3, -0.25) is 4.90 Å². The van der Waals surface area contributed by atoms with E-state index in [9.17, 15) is 5.11 Å². The monoisotopic (exact) mass is 275 g/mol. The van der Waals surface area contributed by atoms with E-state index in [1.807, 2.05) is 0 Å². The molecule has 3 rings (SSSR count). The minimum atomic E-state index is -0.420. The van der Waals surface area contributed by atoms with Crippen LogP contribution in [-0.2, 0) is 13.0 Å². The van der Waals surface area contributed by atoms with E-state index in [1.54, 1.807) is 7.11 Å². The number of piperidine rings is 1. The van der Waals surface area contributed by atoms with Crippen molar-refractivity contribution in [1.29, 1.82) is 0 Å². The van der Waals surface area contributed by atoms with Crippen molar-refractivity contribution in [2.45, 2.75) is 50.7 Å². The molecule has 3 heteroatoms. The zero-order valence-corrected chi connectivity index (χ0v) is 12.4. The van der Waals surface area contributed by atoms with E-state index in [1.165, 1.54) is 43.5 Å². The molecule has 1 aliphatic carbocycles. The summed E-state index contributed by atoms with van der Waals surface area (Å²) in [6.45, 7) is 3.35. The highest BCUT2D eigenvalue weighted by Gasteiger charge is 2.40. The molecule has 1 aromatic carbocycles. The van der Waals surface area contributed by atoms with E-state index in [2.05, 4.69) is 23.1 Å². The van der Waals surface area contributed by atoms with Gasteiger partial charge in [0, 0.05) is 18.5 Å². The second kappa shape index (κ2) is 5.74. The molecule has 1 aromatic rings. The first kappa shape index (κ1) is 13.9. The second-order valence-corrected chi connectivity index (χ2v) is 6.38. The molecule has 1 saturated carbocycles. The molecule has 0 unspecified atom stereocenters. The molecule has 2 fully saturated rings. The van der Waals surface area contributed by atoms with Crippen molar-refractivity contribution in [2.24, 2.45) is 0 Å². The summed E-state index contributed by atoms with van der Waals surface area (Å²) in [5.74, 6) is 0.974. The fourth-order valence-corrected chi connectivity index (χ4v) is 3.12. The molecule has 0 aromatic heterocycles. The second-order valence-electron chi connectivity index (χ2n) is 6.38. The molecule has 1 aliphatic heterocycles. The first-order valence-corrected chi connectivity index (χ1v) is 7.79. The predicted octanol–water partition coefficient (Wildman–Crippen LogP) is 2.75. The fraction of sp³-hybridized carbons (Fsp3) is 0.647. The van der Waals surface area contributed by atoms with Gasteiger partial charge in [0.2, 0.25) is 0 Å². The summed E-state index contributed by atoms with van der Waals surface area (Å²) in [6.07, 6.45) is 6.65. The SMILES string of the molecule is COc1ccc(CC2(O)CC2)cc1CN1CCCCC1. The van der Waals surface area contributed by atoms with Gasteiger partial charge in [-0.1, -0.05) is 18.6 Å². The van der Waals surface area contributed by atoms with E-state index in [-0.39, 0.29) is 0 Å². The summed E-state index contributed by atoms with van der Waals surface area (Å²) in [6, 6.07) is 6.37. The zero-order chi connectivity index (χ0) is 14.0. The van der Waals surface area contributed by atoms with E-state index in [4.69, 9.17) is 4.74 Å². The van der Waals surface area contributed by atoms with Crippen LogP contribution in [0.2, 0.25) is 0 Å². The third-order valence-electron chi connectivity index (χ3n) is 4.55. The van der Waals surface area contributed by atoms with Crippen molar-refractivity contribution < 1.29 is 9.84 Å². The van der Waals surface area contributed by atoms with Crippen LogP contribution in [0.3, 0.4) is 0 Å². The fourth-order valence-electron chi connectivity index (χ4n) is 3.12. The maximum atomic E-state index is 10.1. The number of hydrogen-bond donors (Lipinski definition) is 1. The summed E-state index contributed by atoms with van der Waals surface area (Å²) in [5.41, 5.74) is 2.07. The summed E-state index contributed by atoms with van der Waals surface area (Å²) >= 11 is 0. The van der Waals surface area contributed by atoms with Gasteiger partial charge in [0.25, 0.3) is 0 Å². The van der Waals surface area contributed by atoms with Crippen LogP contribution < -0.4 is 4.74 Å². The number of ether oxygens (including phenoxy) is 1. The highest BCUT2D eigenvalue weighted by atomic mass is 16.5. The standard InChI is InChI=1S/C17H25NO2/c1-20-16-6-5-14(12-17(19)7-8-17)11-15(16)13-18-9-3-2-4-10-18/h5-6,11,19H,2-4,7-10,12-13H2,1H3. The molecule has 0 bridgehead atoms. The average molecular weight is 275 g/mol. The van der Waals surface area contributed by atoms with Crippen LogP contribution in [0.5, 0.6) is 5.75 Å². The Balaban J connectivity index is 1.73. The Hall–Kier alpha value is -1.06. The third-order valence-corrected chi connectivity index (χ3v) is 4.55. The Morgan fingerprint density at radius 3 is 2.60 bits per heavy atom. The number of methoxy groups -OCH3 is 1. The molecular formula is C17H25NO2. The van der Waals surface area contributed by atoms with Gasteiger partial charge in [0.15, 0.2) is 0 Å². The Morgan fingerprint density at radius 2 is 1.95 bits per heavy atom. The van der Waals surface area contributed by atoms with Crippen molar-refractivity contribution >= 4 is 0 Å². The minimum Gasteiger partial charge on any atom is -0.496 e. The predicted molar refractivity (Wildman–Crippen MR) is 80.0 cm³/mol. The van der Waals surface area contributed by atoms with Crippen molar-refractivity contribution in [3.8, 4) is 5.75 Å². The molecule has 1 N–H and O–H groups in total. The van der Waals surface area contributed by atoms with Gasteiger partial charge < -0.3 is 9.84 Å². The summed E-state index contributed by atoms with van der Waals surface area (Å²) in [5, 5.41) is 10.1. The highest BCUT2D eigenvalue weighted by molar-refractivity contribution is 5.38. The molecule has 0 spiro atoms. The van der Waals surface area contributed by atoms with E-state index in [0.717, 1.165) is 31.6 Å². The van der Waals surface area contributed by atoms with E-state index in [0.29, 0.717) is 0 Å². The molecule has 2 aliphatic rings. The quantitative estimate of drug-likeness (QED) is 0.897. The summed E-state index contributed by atoms with van der Waals surface area (Å²) in [4.78, 5) is 2.51. The largest absolute Gasteiger partial charge is 0.496 e. The normalized spacial score (nSPS) is 21.7. The molecule has 0 amide bonds. The van der Waals surface area contributed by atoms with Gasteiger partial charge in [0.1, 0.15) is 5.75 Å². The lowest BCUT2D eigenvalue weighted by Crippen LogP contribution is -2.29. The molecule has 0 atom stereocenters. The first-order chi connectivity index (χ1) is 9.68. The third kappa shape index (κ3) is 3.33. The Kier molecular flexibility index (Phi) is 3.99. The van der Waals surface area contributed by atoms with Crippen molar-refractivity contribution in [1.82, 2.24) is 4.90 Å². The van der Waals surface area contributed by atoms with Crippen molar-refractivity contribution in [3.05, 3.63) is 29.3 Å². The van der Waals surface area contributed by atoms with Crippen LogP contribution >= 0.6 is 0 Å². The molecule has 20 heavy (non-hydrogen) atoms. The van der Waals surface area contributed by atoms with Crippen LogP contribution in [0.15, 0.2) is 18.2 Å². The smallest absolute Gasteiger partial charge is 0.123 e. The number of benzene rings is 1. The van der Waals surface area contributed by atoms with Crippen LogP contribution in [0.1, 0.15) is 43.2 Å². The topological polar surface area (TPSA) is 32.7 Å². The zero-order valence-electron chi connectivity index (χ0n) is 12.4. The number of nitrogens with zero attached hydrogens (tertiary/aromatic N) is 1. The lowest BCUT2D eigenvalue weighted by atomic mass is 10.0. The molecular weight excluding hydrogens is 250 g/mol. The van der Waals surface area contributed by atoms with Gasteiger partial charge in [-0.25, -0.2) is 0 Å². The van der Waals surface area contributed by atoms with Gasteiger partial charge in [-0.2, -0.15) is 0 Å². The molecule has 1 heterocycles. The van der Waals surface area contributed by atoms with Gasteiger partial charge in [0.05, 0.1) is 12.7 Å². The maximum Gasteiger partial charge on any atom is 0.123 e. The number of hydrogen-bond acceptors (Lipinski definition) is 3. The summed E-state index contributed by atoms with van der Waals surface area (Å²) < 4.78 is 5.50. The van der Waals surface area contributed by atoms with Crippen molar-refractivity contribution in [2.75, 3.05) is 20.2 Å². The summed E-state index contributed by atoms with van der Waals surface area (Å²) in [7, 11) is 1.74. The van der Waals surface area contributed by atoms with Crippen LogP contribution in [0, 0.1) is 0 Å². The molecule has 3 nitrogen and oxygen atoms in total. The Bertz CT molecular complexity index is 462. The first-order valence-electron chi connectivity index (χ1n) is 7.79. The minimum absolute atomic E-state index is 0.420. The number of likely N-dealkylation sites (tertiary alicyclic amines) is 1. The molecule has 0 radical (unpaired) electrons. The number of rotatable bonds is 5. The maximum absolute atomic E-state index is 10.1. The van der Waals surface area contributed by atoms with Crippen LogP contribution in [-0.4, -0.2) is 35.8 Å². The van der Waals surface area contributed by atoms with E-state index >= 15 is 0 Å². The van der Waals surface area contributed by atoms with Crippen molar-refractivity contribution in [3.63, 3.8) is 0 Å². The van der Waals surface area contributed by atoms with Crippen LogP contribution in [0.4, 0.5) is 0 Å². The highest BCUT2D eigenvalue weighted by Crippen LogP contribution is 2.38. The van der Waals surface area contributed by atoms with Crippen LogP contribution in [0.25, 0.3) is 0 Å². The van der Waals surface area contributed by atoms with Gasteiger partial charge in [-0.05, 0) is 50.4 Å². The van der Waals surface area contributed by atoms with Gasteiger partial charge >= 0.3 is 0 Å². The Labute approximate surface area is 121 Å². The lowest BCUT2D eigenvalue weighted by Gasteiger charge is -2.27.